The zero-order valence-corrected chi connectivity index (χ0v) is 12.9. The Labute approximate surface area is 126 Å². The van der Waals surface area contributed by atoms with E-state index in [2.05, 4.69) is 69.3 Å². The zero-order chi connectivity index (χ0) is 14.9. The number of benzene rings is 2. The third-order valence-corrected chi connectivity index (χ3v) is 3.84. The summed E-state index contributed by atoms with van der Waals surface area (Å²) in [6.45, 7) is 6.33. The molecule has 0 spiro atoms. The summed E-state index contributed by atoms with van der Waals surface area (Å²) in [6, 6.07) is 14.7. The average molecular weight is 280 g/mol. The van der Waals surface area contributed by atoms with Gasteiger partial charge in [0.15, 0.2) is 0 Å². The summed E-state index contributed by atoms with van der Waals surface area (Å²) in [5.74, 6) is 2.01. The molecular weight excluding hydrogens is 259 g/mol. The standard InChI is InChI=1S/C18H21BO2/c1-14-13-18(2,3)21-19(20-14)12-11-16-9-6-8-15-7-4-5-10-17(15)16/h4-12,14H,13H2,1-3H3/b12-11+. The van der Waals surface area contributed by atoms with Crippen molar-refractivity contribution in [2.45, 2.75) is 38.9 Å². The minimum absolute atomic E-state index is 0.134. The van der Waals surface area contributed by atoms with Crippen LogP contribution in [0.2, 0.25) is 0 Å². The maximum Gasteiger partial charge on any atom is 0.486 e. The van der Waals surface area contributed by atoms with Gasteiger partial charge in [0.2, 0.25) is 0 Å². The molecule has 1 heterocycles. The first-order chi connectivity index (χ1) is 10.0. The van der Waals surface area contributed by atoms with Crippen molar-refractivity contribution in [1.29, 1.82) is 0 Å². The van der Waals surface area contributed by atoms with E-state index in [1.807, 2.05) is 5.98 Å². The molecule has 1 saturated heterocycles. The molecule has 1 aliphatic heterocycles. The van der Waals surface area contributed by atoms with E-state index in [1.54, 1.807) is 0 Å². The monoisotopic (exact) mass is 280 g/mol. The second kappa shape index (κ2) is 5.66. The Balaban J connectivity index is 1.85. The van der Waals surface area contributed by atoms with Gasteiger partial charge in [0.25, 0.3) is 0 Å². The molecule has 1 atom stereocenters. The summed E-state index contributed by atoms with van der Waals surface area (Å²) >= 11 is 0. The van der Waals surface area contributed by atoms with Crippen LogP contribution in [0.4, 0.5) is 0 Å². The molecule has 0 aliphatic carbocycles. The van der Waals surface area contributed by atoms with Crippen molar-refractivity contribution in [2.75, 3.05) is 0 Å². The highest BCUT2D eigenvalue weighted by Crippen LogP contribution is 2.27. The Morgan fingerprint density at radius 1 is 1.14 bits per heavy atom. The van der Waals surface area contributed by atoms with Crippen LogP contribution in [-0.4, -0.2) is 18.8 Å². The fourth-order valence-corrected chi connectivity index (χ4v) is 3.02. The molecule has 0 radical (unpaired) electrons. The minimum atomic E-state index is -0.275. The van der Waals surface area contributed by atoms with Gasteiger partial charge in [-0.3, -0.25) is 0 Å². The number of hydrogen-bond acceptors (Lipinski definition) is 2. The maximum atomic E-state index is 5.97. The molecule has 1 aliphatic rings. The first-order valence-electron chi connectivity index (χ1n) is 7.53. The normalized spacial score (nSPS) is 22.0. The molecule has 2 aromatic carbocycles. The van der Waals surface area contributed by atoms with Crippen molar-refractivity contribution >= 4 is 24.0 Å². The summed E-state index contributed by atoms with van der Waals surface area (Å²) in [5, 5.41) is 2.50. The maximum absolute atomic E-state index is 5.97. The number of fused-ring (bicyclic) bond motifs is 1. The topological polar surface area (TPSA) is 18.5 Å². The van der Waals surface area contributed by atoms with E-state index in [0.29, 0.717) is 0 Å². The minimum Gasteiger partial charge on any atom is -0.405 e. The fourth-order valence-electron chi connectivity index (χ4n) is 3.02. The SMILES string of the molecule is CC1CC(C)(C)OB(/C=C/c2cccc3ccccc23)O1. The molecule has 0 bridgehead atoms. The van der Waals surface area contributed by atoms with Crippen LogP contribution in [0.15, 0.2) is 48.4 Å². The Bertz CT molecular complexity index is 658. The molecule has 0 amide bonds. The van der Waals surface area contributed by atoms with Gasteiger partial charge in [0.05, 0.1) is 5.60 Å². The van der Waals surface area contributed by atoms with E-state index in [9.17, 15) is 0 Å². The van der Waals surface area contributed by atoms with Crippen LogP contribution in [-0.2, 0) is 9.31 Å². The van der Waals surface area contributed by atoms with Gasteiger partial charge < -0.3 is 9.31 Å². The zero-order valence-electron chi connectivity index (χ0n) is 12.9. The molecule has 0 saturated carbocycles. The van der Waals surface area contributed by atoms with Gasteiger partial charge in [-0.15, -0.1) is 0 Å². The molecule has 108 valence electrons. The van der Waals surface area contributed by atoms with E-state index in [0.717, 1.165) is 6.42 Å². The Morgan fingerprint density at radius 3 is 2.71 bits per heavy atom. The van der Waals surface area contributed by atoms with E-state index < -0.39 is 0 Å². The summed E-state index contributed by atoms with van der Waals surface area (Å²) in [4.78, 5) is 0. The van der Waals surface area contributed by atoms with Gasteiger partial charge in [0, 0.05) is 6.10 Å². The molecule has 2 aromatic rings. The summed E-state index contributed by atoms with van der Waals surface area (Å²) in [6.07, 6.45) is 3.24. The van der Waals surface area contributed by atoms with Crippen molar-refractivity contribution < 1.29 is 9.31 Å². The van der Waals surface area contributed by atoms with Crippen LogP contribution in [0.25, 0.3) is 16.8 Å². The van der Waals surface area contributed by atoms with Gasteiger partial charge >= 0.3 is 7.12 Å². The van der Waals surface area contributed by atoms with Crippen LogP contribution in [0.1, 0.15) is 32.8 Å². The lowest BCUT2D eigenvalue weighted by Crippen LogP contribution is -2.45. The van der Waals surface area contributed by atoms with Crippen molar-refractivity contribution in [3.8, 4) is 0 Å². The van der Waals surface area contributed by atoms with E-state index >= 15 is 0 Å². The summed E-state index contributed by atoms with van der Waals surface area (Å²) in [5.41, 5.74) is 1.06. The first kappa shape index (κ1) is 14.4. The molecule has 1 unspecified atom stereocenters. The first-order valence-corrected chi connectivity index (χ1v) is 7.53. The number of rotatable bonds is 2. The smallest absolute Gasteiger partial charge is 0.405 e. The number of hydrogen-bond donors (Lipinski definition) is 0. The van der Waals surface area contributed by atoms with Crippen LogP contribution in [0, 0.1) is 0 Å². The predicted molar refractivity (Wildman–Crippen MR) is 89.1 cm³/mol. The lowest BCUT2D eigenvalue weighted by Gasteiger charge is -2.37. The highest BCUT2D eigenvalue weighted by Gasteiger charge is 2.35. The fraction of sp³-hybridized carbons (Fsp3) is 0.333. The molecule has 1 fully saturated rings. The molecule has 2 nitrogen and oxygen atoms in total. The molecular formula is C18H21BO2. The van der Waals surface area contributed by atoms with Gasteiger partial charge in [-0.05, 0) is 43.5 Å². The highest BCUT2D eigenvalue weighted by molar-refractivity contribution is 6.52. The van der Waals surface area contributed by atoms with E-state index in [1.165, 1.54) is 16.3 Å². The van der Waals surface area contributed by atoms with Crippen LogP contribution < -0.4 is 0 Å². The van der Waals surface area contributed by atoms with Crippen LogP contribution >= 0.6 is 0 Å². The third kappa shape index (κ3) is 3.37. The van der Waals surface area contributed by atoms with Crippen LogP contribution in [0.5, 0.6) is 0 Å². The second-order valence-corrected chi connectivity index (χ2v) is 6.32. The lowest BCUT2D eigenvalue weighted by atomic mass is 9.82. The van der Waals surface area contributed by atoms with Crippen molar-refractivity contribution in [1.82, 2.24) is 0 Å². The quantitative estimate of drug-likeness (QED) is 0.755. The summed E-state index contributed by atoms with van der Waals surface area (Å²) in [7, 11) is -0.275. The molecule has 0 aromatic heterocycles. The molecule has 21 heavy (non-hydrogen) atoms. The Kier molecular flexibility index (Phi) is 3.88. The van der Waals surface area contributed by atoms with Crippen LogP contribution in [0.3, 0.4) is 0 Å². The average Bonchev–Trinajstić information content (AvgIpc) is 2.43. The van der Waals surface area contributed by atoms with Gasteiger partial charge in [-0.2, -0.15) is 0 Å². The largest absolute Gasteiger partial charge is 0.486 e. The predicted octanol–water partition coefficient (Wildman–Crippen LogP) is 4.48. The van der Waals surface area contributed by atoms with E-state index in [4.69, 9.17) is 9.31 Å². The Hall–Kier alpha value is -1.58. The molecule has 0 N–H and O–H groups in total. The lowest BCUT2D eigenvalue weighted by molar-refractivity contribution is -0.0235. The van der Waals surface area contributed by atoms with Crippen molar-refractivity contribution in [3.05, 3.63) is 54.0 Å². The molecule has 3 rings (SSSR count). The highest BCUT2D eigenvalue weighted by atomic mass is 16.6. The Morgan fingerprint density at radius 2 is 1.90 bits per heavy atom. The van der Waals surface area contributed by atoms with Gasteiger partial charge in [-0.25, -0.2) is 0 Å². The van der Waals surface area contributed by atoms with Crippen molar-refractivity contribution in [2.24, 2.45) is 0 Å². The second-order valence-electron chi connectivity index (χ2n) is 6.32. The van der Waals surface area contributed by atoms with E-state index in [-0.39, 0.29) is 18.8 Å². The molecule has 3 heteroatoms. The van der Waals surface area contributed by atoms with Gasteiger partial charge in [-0.1, -0.05) is 54.5 Å². The third-order valence-electron chi connectivity index (χ3n) is 3.84. The van der Waals surface area contributed by atoms with Gasteiger partial charge in [0.1, 0.15) is 0 Å². The summed E-state index contributed by atoms with van der Waals surface area (Å²) < 4.78 is 11.8. The van der Waals surface area contributed by atoms with Crippen molar-refractivity contribution in [3.63, 3.8) is 0 Å².